The van der Waals surface area contributed by atoms with Crippen molar-refractivity contribution in [2.45, 2.75) is 44.8 Å². The topological polar surface area (TPSA) is 107 Å². The summed E-state index contributed by atoms with van der Waals surface area (Å²) in [6.45, 7) is 1.11. The lowest BCUT2D eigenvalue weighted by Gasteiger charge is -2.09. The van der Waals surface area contributed by atoms with Gasteiger partial charge < -0.3 is 21.5 Å². The van der Waals surface area contributed by atoms with Gasteiger partial charge in [0.15, 0.2) is 0 Å². The lowest BCUT2D eigenvalue weighted by atomic mass is 10.1. The molecule has 2 aromatic rings. The van der Waals surface area contributed by atoms with Gasteiger partial charge in [0.1, 0.15) is 12.4 Å². The Morgan fingerprint density at radius 3 is 2.36 bits per heavy atom. The number of carbonyl (C=O) groups excluding carboxylic acids is 2. The van der Waals surface area contributed by atoms with Crippen LogP contribution in [0.3, 0.4) is 0 Å². The van der Waals surface area contributed by atoms with Crippen LogP contribution in [0.15, 0.2) is 54.6 Å². The van der Waals surface area contributed by atoms with Gasteiger partial charge in [-0.2, -0.15) is 0 Å². The average molecular weight is 383 g/mol. The van der Waals surface area contributed by atoms with Crippen LogP contribution < -0.4 is 21.5 Å². The van der Waals surface area contributed by atoms with Gasteiger partial charge in [-0.25, -0.2) is 0 Å². The van der Waals surface area contributed by atoms with Gasteiger partial charge in [-0.3, -0.25) is 9.59 Å². The molecule has 0 aliphatic carbocycles. The highest BCUT2D eigenvalue weighted by Gasteiger charge is 2.08. The Morgan fingerprint density at radius 2 is 1.68 bits per heavy atom. The zero-order chi connectivity index (χ0) is 20.2. The molecule has 6 nitrogen and oxygen atoms in total. The van der Waals surface area contributed by atoms with E-state index >= 15 is 0 Å². The molecule has 0 spiro atoms. The molecular formula is C22H29N3O3. The van der Waals surface area contributed by atoms with Gasteiger partial charge in [-0.15, -0.1) is 0 Å². The number of amides is 2. The summed E-state index contributed by atoms with van der Waals surface area (Å²) in [6.07, 6.45) is 3.20. The first-order valence-electron chi connectivity index (χ1n) is 9.62. The van der Waals surface area contributed by atoms with Crippen LogP contribution in [0.25, 0.3) is 0 Å². The van der Waals surface area contributed by atoms with Crippen LogP contribution in [0.4, 0.5) is 0 Å². The van der Waals surface area contributed by atoms with Gasteiger partial charge in [-0.1, -0.05) is 42.5 Å². The average Bonchev–Trinajstić information content (AvgIpc) is 2.71. The molecule has 0 fully saturated rings. The van der Waals surface area contributed by atoms with Gasteiger partial charge in [0.05, 0.1) is 6.04 Å². The second-order valence-corrected chi connectivity index (χ2v) is 6.77. The van der Waals surface area contributed by atoms with E-state index in [4.69, 9.17) is 16.2 Å². The van der Waals surface area contributed by atoms with E-state index in [9.17, 15) is 9.59 Å². The number of nitrogens with two attached hydrogens (primary N) is 2. The number of ether oxygens (including phenoxy) is 1. The molecular weight excluding hydrogens is 354 g/mol. The Morgan fingerprint density at radius 1 is 0.964 bits per heavy atom. The summed E-state index contributed by atoms with van der Waals surface area (Å²) in [7, 11) is 0. The molecule has 0 radical (unpaired) electrons. The number of nitrogens with one attached hydrogen (secondary N) is 1. The van der Waals surface area contributed by atoms with Crippen molar-refractivity contribution in [2.75, 3.05) is 6.54 Å². The van der Waals surface area contributed by atoms with E-state index < -0.39 is 11.9 Å². The number of hydrogen-bond acceptors (Lipinski definition) is 4. The highest BCUT2D eigenvalue weighted by atomic mass is 16.5. The summed E-state index contributed by atoms with van der Waals surface area (Å²) in [5.74, 6) is 0.343. The number of carbonyl (C=O) groups is 2. The fourth-order valence-corrected chi connectivity index (χ4v) is 2.70. The van der Waals surface area contributed by atoms with E-state index in [1.807, 2.05) is 54.6 Å². The highest BCUT2D eigenvalue weighted by molar-refractivity contribution is 5.79. The molecule has 2 aromatic carbocycles. The third kappa shape index (κ3) is 8.22. The Labute approximate surface area is 166 Å². The van der Waals surface area contributed by atoms with Crippen LogP contribution >= 0.6 is 0 Å². The normalized spacial score (nSPS) is 11.6. The predicted molar refractivity (Wildman–Crippen MR) is 110 cm³/mol. The lowest BCUT2D eigenvalue weighted by Crippen LogP contribution is -2.36. The van der Waals surface area contributed by atoms with Crippen molar-refractivity contribution >= 4 is 11.8 Å². The van der Waals surface area contributed by atoms with Crippen molar-refractivity contribution in [1.82, 2.24) is 5.32 Å². The van der Waals surface area contributed by atoms with Gasteiger partial charge in [0.25, 0.3) is 0 Å². The molecule has 0 saturated carbocycles. The van der Waals surface area contributed by atoms with Gasteiger partial charge in [-0.05, 0) is 48.9 Å². The second kappa shape index (κ2) is 11.8. The fourth-order valence-electron chi connectivity index (χ4n) is 2.70. The third-order valence-electron chi connectivity index (χ3n) is 4.44. The fraction of sp³-hybridized carbons (Fsp3) is 0.364. The minimum Gasteiger partial charge on any atom is -0.489 e. The Balaban J connectivity index is 1.60. The molecule has 0 bridgehead atoms. The van der Waals surface area contributed by atoms with Crippen LogP contribution in [-0.2, 0) is 22.6 Å². The van der Waals surface area contributed by atoms with E-state index in [2.05, 4.69) is 5.32 Å². The minimum atomic E-state index is -0.602. The molecule has 2 rings (SSSR count). The third-order valence-corrected chi connectivity index (χ3v) is 4.44. The van der Waals surface area contributed by atoms with Crippen LogP contribution in [0.1, 0.15) is 36.8 Å². The quantitative estimate of drug-likeness (QED) is 0.489. The maximum atomic E-state index is 11.9. The molecule has 150 valence electrons. The number of primary amides is 1. The number of benzene rings is 2. The molecule has 0 aromatic heterocycles. The van der Waals surface area contributed by atoms with Gasteiger partial charge in [0.2, 0.25) is 11.8 Å². The number of hydrogen-bond donors (Lipinski definition) is 3. The number of aryl methyl sites for hydroxylation is 1. The van der Waals surface area contributed by atoms with Gasteiger partial charge in [0, 0.05) is 13.0 Å². The van der Waals surface area contributed by atoms with Gasteiger partial charge >= 0.3 is 0 Å². The number of rotatable bonds is 12. The molecule has 0 aliphatic rings. The van der Waals surface area contributed by atoms with Crippen molar-refractivity contribution in [3.05, 3.63) is 65.7 Å². The van der Waals surface area contributed by atoms with Crippen molar-refractivity contribution in [3.63, 3.8) is 0 Å². The largest absolute Gasteiger partial charge is 0.489 e. The summed E-state index contributed by atoms with van der Waals surface area (Å²) >= 11 is 0. The first-order valence-corrected chi connectivity index (χ1v) is 9.62. The van der Waals surface area contributed by atoms with Crippen LogP contribution in [0.5, 0.6) is 5.75 Å². The van der Waals surface area contributed by atoms with Crippen molar-refractivity contribution in [3.8, 4) is 5.75 Å². The minimum absolute atomic E-state index is 0.0172. The zero-order valence-electron chi connectivity index (χ0n) is 16.1. The van der Waals surface area contributed by atoms with Crippen LogP contribution in [-0.4, -0.2) is 24.4 Å². The Hall–Kier alpha value is -2.86. The summed E-state index contributed by atoms with van der Waals surface area (Å²) in [6, 6.07) is 17.2. The maximum absolute atomic E-state index is 11.9. The molecule has 0 aliphatic heterocycles. The van der Waals surface area contributed by atoms with Crippen LogP contribution in [0.2, 0.25) is 0 Å². The molecule has 0 heterocycles. The Kier molecular flexibility index (Phi) is 9.01. The SMILES string of the molecule is NC(=O)[C@@H](N)CCCCNC(=O)CCc1ccc(OCc2ccccc2)cc1. The first kappa shape index (κ1) is 21.4. The van der Waals surface area contributed by atoms with E-state index in [1.165, 1.54) is 0 Å². The highest BCUT2D eigenvalue weighted by Crippen LogP contribution is 2.15. The number of unbranched alkanes of at least 4 members (excludes halogenated alkanes) is 1. The predicted octanol–water partition coefficient (Wildman–Crippen LogP) is 2.30. The van der Waals surface area contributed by atoms with Crippen molar-refractivity contribution in [2.24, 2.45) is 11.5 Å². The summed E-state index contributed by atoms with van der Waals surface area (Å²) in [4.78, 5) is 22.7. The summed E-state index contributed by atoms with van der Waals surface area (Å²) in [5, 5.41) is 2.89. The molecule has 0 unspecified atom stereocenters. The Bertz CT molecular complexity index is 732. The molecule has 5 N–H and O–H groups in total. The molecule has 6 heteroatoms. The summed E-state index contributed by atoms with van der Waals surface area (Å²) in [5.41, 5.74) is 12.9. The molecule has 0 saturated heterocycles. The molecule has 2 amide bonds. The zero-order valence-corrected chi connectivity index (χ0v) is 16.1. The van der Waals surface area contributed by atoms with Crippen molar-refractivity contribution in [1.29, 1.82) is 0 Å². The summed E-state index contributed by atoms with van der Waals surface area (Å²) < 4.78 is 5.76. The van der Waals surface area contributed by atoms with Crippen LogP contribution in [0, 0.1) is 0 Å². The first-order chi connectivity index (χ1) is 13.5. The van der Waals surface area contributed by atoms with E-state index in [0.717, 1.165) is 29.7 Å². The lowest BCUT2D eigenvalue weighted by molar-refractivity contribution is -0.121. The second-order valence-electron chi connectivity index (χ2n) is 6.77. The van der Waals surface area contributed by atoms with E-state index in [1.54, 1.807) is 0 Å². The van der Waals surface area contributed by atoms with Crippen molar-refractivity contribution < 1.29 is 14.3 Å². The molecule has 28 heavy (non-hydrogen) atoms. The van der Waals surface area contributed by atoms with E-state index in [0.29, 0.717) is 32.4 Å². The molecule has 1 atom stereocenters. The smallest absolute Gasteiger partial charge is 0.234 e. The van der Waals surface area contributed by atoms with E-state index in [-0.39, 0.29) is 5.91 Å². The standard InChI is InChI=1S/C22H29N3O3/c23-20(22(24)27)8-4-5-15-25-21(26)14-11-17-9-12-19(13-10-17)28-16-18-6-2-1-3-7-18/h1-3,6-7,9-10,12-13,20H,4-5,8,11,14-16,23H2,(H2,24,27)(H,25,26)/t20-/m0/s1. The monoisotopic (exact) mass is 383 g/mol. The maximum Gasteiger partial charge on any atom is 0.234 e.